The average Bonchev–Trinajstić information content (AvgIpc) is 1.68. The molecule has 45 nitrogen and oxygen atoms in total. The topological polar surface area (TPSA) is 743 Å². The van der Waals surface area contributed by atoms with Crippen LogP contribution in [0.2, 0.25) is 0 Å². The fourth-order valence-electron chi connectivity index (χ4n) is 13.8. The minimum atomic E-state index is -1.84. The normalized spacial score (nSPS) is 18.4. The zero-order valence-corrected chi connectivity index (χ0v) is 69.2. The molecule has 672 valence electrons. The summed E-state index contributed by atoms with van der Waals surface area (Å²) in [5.74, 6) is -18.0. The van der Waals surface area contributed by atoms with Gasteiger partial charge in [-0.3, -0.25) is 86.5 Å². The smallest absolute Gasteiger partial charge is 0.326 e. The van der Waals surface area contributed by atoms with E-state index in [1.54, 1.807) is 13.8 Å². The van der Waals surface area contributed by atoms with Gasteiger partial charge in [-0.25, -0.2) is 4.79 Å². The second-order valence-electron chi connectivity index (χ2n) is 31.0. The first kappa shape index (κ1) is 103. The van der Waals surface area contributed by atoms with Crippen LogP contribution in [-0.4, -0.2) is 298 Å². The molecular weight excluding hydrogens is 1560 g/mol. The fraction of sp³-hybridized carbons (Fsp3) is 0.743. The number of aliphatic hydroxyl groups is 2. The zero-order chi connectivity index (χ0) is 89.5. The van der Waals surface area contributed by atoms with Gasteiger partial charge in [0.2, 0.25) is 100 Å². The third-order valence-electron chi connectivity index (χ3n) is 20.1. The van der Waals surface area contributed by atoms with Gasteiger partial charge in [-0.1, -0.05) is 27.7 Å². The Balaban J connectivity index is 1.86. The van der Waals surface area contributed by atoms with Crippen LogP contribution in [0.1, 0.15) is 183 Å². The number of nitrogens with zero attached hydrogens (tertiary/aromatic N) is 4. The van der Waals surface area contributed by atoms with E-state index >= 15 is 0 Å². The molecule has 119 heavy (non-hydrogen) atoms. The Morgan fingerprint density at radius 1 is 0.395 bits per heavy atom. The summed E-state index contributed by atoms with van der Waals surface area (Å²) >= 11 is 0. The first-order valence-corrected chi connectivity index (χ1v) is 40.6. The molecular formula is C74H130N24O21. The van der Waals surface area contributed by atoms with Gasteiger partial charge in [-0.15, -0.1) is 0 Å². The number of hydrogen-bond acceptors (Lipinski definition) is 25. The molecule has 3 rings (SSSR count). The number of nitrogens with two attached hydrogens (primary N) is 8. The third-order valence-corrected chi connectivity index (χ3v) is 20.1. The molecule has 31 N–H and O–H groups in total. The number of carbonyl (C=O) groups excluding carboxylic acids is 17. The van der Waals surface area contributed by atoms with Crippen molar-refractivity contribution in [2.24, 2.45) is 62.7 Å². The van der Waals surface area contributed by atoms with Crippen LogP contribution < -0.4 is 110 Å². The summed E-state index contributed by atoms with van der Waals surface area (Å²) in [6.07, 6.45) is -0.658. The minimum Gasteiger partial charge on any atom is -0.480 e. The van der Waals surface area contributed by atoms with Crippen molar-refractivity contribution in [2.75, 3.05) is 59.0 Å². The lowest BCUT2D eigenvalue weighted by Crippen LogP contribution is -2.62. The summed E-state index contributed by atoms with van der Waals surface area (Å²) in [6, 6.07) is -22.0. The number of primary amides is 2. The highest BCUT2D eigenvalue weighted by Gasteiger charge is 2.46. The van der Waals surface area contributed by atoms with E-state index in [1.165, 1.54) is 30.6 Å². The summed E-state index contributed by atoms with van der Waals surface area (Å²) in [5, 5.41) is 61.2. The maximum atomic E-state index is 14.7. The number of aliphatic carboxylic acids is 1. The number of hydrogen-bond donors (Lipinski definition) is 23. The monoisotopic (exact) mass is 1690 g/mol. The van der Waals surface area contributed by atoms with Crippen molar-refractivity contribution < 1.29 is 102 Å². The van der Waals surface area contributed by atoms with Crippen LogP contribution >= 0.6 is 0 Å². The number of carboxylic acids is 1. The molecule has 3 aliphatic rings. The van der Waals surface area contributed by atoms with E-state index in [1.807, 2.05) is 13.8 Å². The molecule has 3 aliphatic heterocycles. The summed E-state index contributed by atoms with van der Waals surface area (Å²) in [6.45, 7) is 9.73. The van der Waals surface area contributed by atoms with Gasteiger partial charge in [0, 0.05) is 26.2 Å². The maximum absolute atomic E-state index is 14.7. The molecule has 0 aromatic rings. The molecule has 0 radical (unpaired) electrons. The van der Waals surface area contributed by atoms with Crippen molar-refractivity contribution in [1.82, 2.24) is 78.5 Å². The molecule has 3 heterocycles. The Kier molecular flexibility index (Phi) is 45.2. The molecule has 0 aromatic carbocycles. The van der Waals surface area contributed by atoms with Gasteiger partial charge in [-0.05, 0) is 174 Å². The lowest BCUT2D eigenvalue weighted by atomic mass is 10.0. The lowest BCUT2D eigenvalue weighted by molar-refractivity contribution is -0.153. The van der Waals surface area contributed by atoms with Gasteiger partial charge in [0.05, 0.1) is 32.1 Å². The van der Waals surface area contributed by atoms with Crippen molar-refractivity contribution in [3.8, 4) is 0 Å². The SMILES string of the molecule is CC(C)C[C@H](NC(=O)CN)C(=O)N[C@@H](C)C(=O)N[C@@H](CCCCN)C(=O)N[C@@H](CCCCN)C(=O)N[C@@H](CO)C(=O)N[C@@H](CCCCN)C(=O)N[C@@H](CCCN=C(N)N)C(=O)N[C@@H](CC(N)=O)C(=O)N1CCC[C@H]1C(=O)N[C@@H](C)C(=O)N[C@@H](CC(N)=O)C(=O)N[C@@H](CC(C)C)C(=O)N[C@H](C(=O)N1CCC[C@H]1C(=O)N1CCC[C@H]1C(=O)O)[C@@H](C)O. The number of aliphatic imine (C=N–C) groups is 1. The van der Waals surface area contributed by atoms with Crippen LogP contribution in [0.5, 0.6) is 0 Å². The third kappa shape index (κ3) is 34.8. The number of nitrogens with one attached hydrogen (secondary N) is 12. The molecule has 45 heteroatoms. The summed E-state index contributed by atoms with van der Waals surface area (Å²) in [4.78, 5) is 254. The van der Waals surface area contributed by atoms with E-state index in [0.717, 1.165) is 4.90 Å². The Bertz CT molecular complexity index is 3510. The highest BCUT2D eigenvalue weighted by molar-refractivity contribution is 6.02. The molecule has 0 spiro atoms. The Hall–Kier alpha value is -10.5. The zero-order valence-electron chi connectivity index (χ0n) is 69.2. The van der Waals surface area contributed by atoms with E-state index in [9.17, 15) is 102 Å². The molecule has 17 amide bonds. The number of guanidine groups is 1. The van der Waals surface area contributed by atoms with Gasteiger partial charge in [0.25, 0.3) is 0 Å². The van der Waals surface area contributed by atoms with E-state index in [2.05, 4.69) is 68.8 Å². The van der Waals surface area contributed by atoms with Crippen molar-refractivity contribution in [3.05, 3.63) is 0 Å². The van der Waals surface area contributed by atoms with Crippen LogP contribution in [0.15, 0.2) is 4.99 Å². The van der Waals surface area contributed by atoms with Gasteiger partial charge in [-0.2, -0.15) is 0 Å². The van der Waals surface area contributed by atoms with E-state index in [0.29, 0.717) is 38.5 Å². The minimum absolute atomic E-state index is 0.00708. The number of aliphatic hydroxyl groups excluding tert-OH is 2. The van der Waals surface area contributed by atoms with Gasteiger partial charge >= 0.3 is 5.97 Å². The maximum Gasteiger partial charge on any atom is 0.326 e. The second kappa shape index (κ2) is 52.4. The van der Waals surface area contributed by atoms with Crippen LogP contribution in [0.4, 0.5) is 0 Å². The fourth-order valence-corrected chi connectivity index (χ4v) is 13.8. The van der Waals surface area contributed by atoms with Crippen molar-refractivity contribution in [2.45, 2.75) is 280 Å². The van der Waals surface area contributed by atoms with Gasteiger partial charge in [0.15, 0.2) is 5.96 Å². The number of carbonyl (C=O) groups is 18. The predicted molar refractivity (Wildman–Crippen MR) is 429 cm³/mol. The van der Waals surface area contributed by atoms with Crippen LogP contribution in [0.3, 0.4) is 0 Å². The standard InChI is InChI=1S/C74H130N24O21/c1-38(2)32-47(86-57(103)36-78)65(110)84-40(5)59(104)87-43(18-8-11-25-75)61(106)88-45(20-10-13-27-77)64(109)94-51(37-99)68(113)90-44(19-9-12-26-76)62(107)89-46(21-14-28-83-74(81)82)63(108)93-50(35-56(80)102)70(115)96-29-15-22-52(96)69(114)85-41(6)60(105)91-49(34-55(79)101)66(111)92-48(33-39(3)4)67(112)95-58(42(7)100)72(117)97-30-16-23-53(97)71(116)98-31-17-24-54(98)73(118)119/h38-54,58,99-100H,8-37,75-78H2,1-7H3,(H2,79,101)(H2,80,102)(H,84,110)(H,85,114)(H,86,103)(H,87,104)(H,88,106)(H,89,107)(H,90,113)(H,91,105)(H,92,111)(H,93,108)(H,94,109)(H,95,112)(H,118,119)(H4,81,82,83)/t40-,41-,42+,43-,44-,45-,46-,47-,48-,49-,50-,51-,52-,53-,54-,58-/m0/s1. The Morgan fingerprint density at radius 3 is 1.19 bits per heavy atom. The van der Waals surface area contributed by atoms with E-state index in [4.69, 9.17) is 45.9 Å². The van der Waals surface area contributed by atoms with Crippen molar-refractivity contribution in [3.63, 3.8) is 0 Å². The predicted octanol–water partition coefficient (Wildman–Crippen LogP) is -9.48. The number of unbranched alkanes of at least 4 members (excludes halogenated alkanes) is 3. The van der Waals surface area contributed by atoms with Crippen molar-refractivity contribution in [1.29, 1.82) is 0 Å². The first-order valence-electron chi connectivity index (χ1n) is 40.6. The van der Waals surface area contributed by atoms with Crippen LogP contribution in [0.25, 0.3) is 0 Å². The quantitative estimate of drug-likeness (QED) is 0.0153. The first-order chi connectivity index (χ1) is 56.1. The molecule has 16 atom stereocenters. The van der Waals surface area contributed by atoms with Crippen molar-refractivity contribution >= 4 is 112 Å². The number of rotatable bonds is 54. The Morgan fingerprint density at radius 2 is 0.756 bits per heavy atom. The van der Waals surface area contributed by atoms with Crippen LogP contribution in [0, 0.1) is 11.8 Å². The molecule has 0 bridgehead atoms. The largest absolute Gasteiger partial charge is 0.480 e. The van der Waals surface area contributed by atoms with E-state index < -0.39 is 229 Å². The highest BCUT2D eigenvalue weighted by Crippen LogP contribution is 2.27. The number of likely N-dealkylation sites (tertiary alicyclic amines) is 3. The molecule has 0 aliphatic carbocycles. The summed E-state index contributed by atoms with van der Waals surface area (Å²) < 4.78 is 0. The molecule has 3 saturated heterocycles. The van der Waals surface area contributed by atoms with Gasteiger partial charge < -0.3 is 140 Å². The number of amides is 17. The highest BCUT2D eigenvalue weighted by atomic mass is 16.4. The molecule has 3 fully saturated rings. The summed E-state index contributed by atoms with van der Waals surface area (Å²) in [7, 11) is 0. The molecule has 0 aromatic heterocycles. The summed E-state index contributed by atoms with van der Waals surface area (Å²) in [5.41, 5.74) is 45.1. The lowest BCUT2D eigenvalue weighted by Gasteiger charge is -2.33. The number of carboxylic acid groups (broad SMARTS) is 1. The Labute approximate surface area is 691 Å². The van der Waals surface area contributed by atoms with Crippen LogP contribution in [-0.2, 0) is 86.3 Å². The average molecular weight is 1690 g/mol. The second-order valence-corrected chi connectivity index (χ2v) is 31.0. The van der Waals surface area contributed by atoms with E-state index in [-0.39, 0.29) is 147 Å². The van der Waals surface area contributed by atoms with Gasteiger partial charge in [0.1, 0.15) is 90.6 Å². The molecule has 0 unspecified atom stereocenters. The molecule has 0 saturated carbocycles.